The Kier molecular flexibility index (Phi) is 1.52. The van der Waals surface area contributed by atoms with E-state index < -0.39 is 10.6 Å². The number of rotatable bonds is 0. The molecule has 0 aliphatic carbocycles. The van der Waals surface area contributed by atoms with Crippen molar-refractivity contribution in [3.05, 3.63) is 22.6 Å². The van der Waals surface area contributed by atoms with Crippen molar-refractivity contribution >= 4 is 10.6 Å². The van der Waals surface area contributed by atoms with Crippen LogP contribution in [-0.2, 0) is 0 Å². The fraction of sp³-hybridized carbons (Fsp3) is 0.200. The van der Waals surface area contributed by atoms with Crippen LogP contribution in [0.4, 0.5) is 0 Å². The second-order valence-electron chi connectivity index (χ2n) is 1.91. The summed E-state index contributed by atoms with van der Waals surface area (Å²) < 4.78 is 17.9. The minimum atomic E-state index is -2.60. The molecule has 0 saturated heterocycles. The normalized spacial score (nSPS) is 27.1. The average Bonchev–Trinajstić information content (AvgIpc) is 1.60. The summed E-state index contributed by atoms with van der Waals surface area (Å²) in [7, 11) is -2.60. The Labute approximate surface area is 55.2 Å². The first-order chi connectivity index (χ1) is 4.10. The molecular weight excluding hydrogens is 138 g/mol. The van der Waals surface area contributed by atoms with E-state index in [0.29, 0.717) is 12.1 Å². The number of hydrogen-bond acceptors (Lipinski definition) is 3. The van der Waals surface area contributed by atoms with E-state index in [1.54, 1.807) is 6.08 Å². The van der Waals surface area contributed by atoms with E-state index in [2.05, 4.69) is 0 Å². The largest absolute Gasteiger partial charge is 0.401 e. The summed E-state index contributed by atoms with van der Waals surface area (Å²) in [5, 5.41) is 2.68. The van der Waals surface area contributed by atoms with Crippen LogP contribution in [0.3, 0.4) is 0 Å². The van der Waals surface area contributed by atoms with Gasteiger partial charge in [0.15, 0.2) is 0 Å². The maximum atomic E-state index is 8.94. The minimum Gasteiger partial charge on any atom is -0.401 e. The van der Waals surface area contributed by atoms with Gasteiger partial charge in [-0.2, -0.15) is 10.6 Å². The van der Waals surface area contributed by atoms with Crippen LogP contribution in [0.1, 0.15) is 6.42 Å². The average molecular weight is 147 g/mol. The van der Waals surface area contributed by atoms with Gasteiger partial charge >= 0.3 is 0 Å². The van der Waals surface area contributed by atoms with Crippen LogP contribution in [0, 0.1) is 0 Å². The molecule has 0 radical (unpaired) electrons. The zero-order chi connectivity index (χ0) is 6.91. The summed E-state index contributed by atoms with van der Waals surface area (Å²) >= 11 is 0. The van der Waals surface area contributed by atoms with Gasteiger partial charge in [0.05, 0.1) is 0 Å². The highest BCUT2D eigenvalue weighted by atomic mass is 32.3. The molecule has 0 saturated carbocycles. The van der Waals surface area contributed by atoms with Crippen LogP contribution in [0.25, 0.3) is 0 Å². The number of allylic oxidation sites excluding steroid dienone is 1. The van der Waals surface area contributed by atoms with E-state index in [0.717, 1.165) is 0 Å². The van der Waals surface area contributed by atoms with Gasteiger partial charge in [-0.3, -0.25) is 9.11 Å². The highest BCUT2D eigenvalue weighted by Crippen LogP contribution is 2.44. The SMILES string of the molecule is NC1=CS(O)(O)C=CC1. The molecule has 0 fully saturated rings. The van der Waals surface area contributed by atoms with Crippen LogP contribution in [0.2, 0.25) is 0 Å². The Morgan fingerprint density at radius 1 is 1.56 bits per heavy atom. The first-order valence-electron chi connectivity index (χ1n) is 2.51. The first-order valence-corrected chi connectivity index (χ1v) is 4.18. The Bertz CT molecular complexity index is 174. The first kappa shape index (κ1) is 6.67. The van der Waals surface area contributed by atoms with E-state index in [9.17, 15) is 0 Å². The predicted octanol–water partition coefficient (Wildman–Crippen LogP) is 1.45. The Morgan fingerprint density at radius 2 is 2.22 bits per heavy atom. The fourth-order valence-corrected chi connectivity index (χ4v) is 1.64. The van der Waals surface area contributed by atoms with Gasteiger partial charge in [-0.05, 0) is 0 Å². The van der Waals surface area contributed by atoms with Gasteiger partial charge in [0.1, 0.15) is 0 Å². The Balaban J connectivity index is 2.78. The van der Waals surface area contributed by atoms with Gasteiger partial charge in [0, 0.05) is 22.9 Å². The molecule has 3 nitrogen and oxygen atoms in total. The molecule has 0 aromatic rings. The molecule has 1 rings (SSSR count). The van der Waals surface area contributed by atoms with Gasteiger partial charge in [-0.1, -0.05) is 6.08 Å². The van der Waals surface area contributed by atoms with E-state index in [-0.39, 0.29) is 0 Å². The van der Waals surface area contributed by atoms with Crippen molar-refractivity contribution < 1.29 is 9.11 Å². The smallest absolute Gasteiger partial charge is 0.0459 e. The van der Waals surface area contributed by atoms with Gasteiger partial charge in [-0.15, -0.1) is 0 Å². The topological polar surface area (TPSA) is 66.5 Å². The molecule has 0 aromatic heterocycles. The second kappa shape index (κ2) is 2.06. The quantitative estimate of drug-likeness (QED) is 0.486. The molecule has 0 unspecified atom stereocenters. The Morgan fingerprint density at radius 3 is 2.56 bits per heavy atom. The van der Waals surface area contributed by atoms with Crippen LogP contribution in [0.5, 0.6) is 0 Å². The minimum absolute atomic E-state index is 0.525. The molecule has 1 aliphatic rings. The van der Waals surface area contributed by atoms with Crippen molar-refractivity contribution in [2.45, 2.75) is 6.42 Å². The third kappa shape index (κ3) is 1.74. The van der Waals surface area contributed by atoms with Gasteiger partial charge in [0.2, 0.25) is 0 Å². The lowest BCUT2D eigenvalue weighted by Gasteiger charge is -2.26. The van der Waals surface area contributed by atoms with Crippen LogP contribution in [-0.4, -0.2) is 9.11 Å². The summed E-state index contributed by atoms with van der Waals surface area (Å²) in [5.41, 5.74) is 5.85. The monoisotopic (exact) mass is 147 g/mol. The van der Waals surface area contributed by atoms with Crippen molar-refractivity contribution in [2.24, 2.45) is 5.73 Å². The predicted molar refractivity (Wildman–Crippen MR) is 38.9 cm³/mol. The lowest BCUT2D eigenvalue weighted by Crippen LogP contribution is -2.02. The number of nitrogens with two attached hydrogens (primary N) is 1. The molecule has 0 amide bonds. The van der Waals surface area contributed by atoms with Crippen molar-refractivity contribution in [3.8, 4) is 0 Å². The maximum Gasteiger partial charge on any atom is 0.0459 e. The maximum absolute atomic E-state index is 8.94. The van der Waals surface area contributed by atoms with Crippen molar-refractivity contribution in [3.63, 3.8) is 0 Å². The highest BCUT2D eigenvalue weighted by Gasteiger charge is 2.07. The summed E-state index contributed by atoms with van der Waals surface area (Å²) in [6, 6.07) is 0. The molecule has 0 bridgehead atoms. The number of hydrogen-bond donors (Lipinski definition) is 3. The van der Waals surface area contributed by atoms with Gasteiger partial charge < -0.3 is 5.73 Å². The summed E-state index contributed by atoms with van der Waals surface area (Å²) in [6.07, 6.45) is 2.28. The standard InChI is InChI=1S/C5H9NO2S/c6-5-2-1-3-9(7,8)4-5/h1,3-4,7-8H,2,6H2. The van der Waals surface area contributed by atoms with E-state index in [4.69, 9.17) is 14.8 Å². The van der Waals surface area contributed by atoms with Gasteiger partial charge in [0.25, 0.3) is 0 Å². The lowest BCUT2D eigenvalue weighted by molar-refractivity contribution is 0.510. The fourth-order valence-electron chi connectivity index (χ4n) is 0.636. The second-order valence-corrected chi connectivity index (χ2v) is 3.69. The summed E-state index contributed by atoms with van der Waals surface area (Å²) in [5.74, 6) is 0. The van der Waals surface area contributed by atoms with Crippen molar-refractivity contribution in [1.82, 2.24) is 0 Å². The molecular formula is C5H9NO2S. The molecule has 52 valence electrons. The Hall–Kier alpha value is -0.450. The molecule has 0 spiro atoms. The van der Waals surface area contributed by atoms with Crippen molar-refractivity contribution in [1.29, 1.82) is 0 Å². The zero-order valence-electron chi connectivity index (χ0n) is 4.82. The lowest BCUT2D eigenvalue weighted by atomic mass is 10.3. The zero-order valence-corrected chi connectivity index (χ0v) is 5.64. The molecule has 0 aromatic carbocycles. The van der Waals surface area contributed by atoms with Crippen LogP contribution < -0.4 is 5.73 Å². The third-order valence-corrected chi connectivity index (χ3v) is 2.22. The molecule has 9 heavy (non-hydrogen) atoms. The molecule has 1 aliphatic heterocycles. The van der Waals surface area contributed by atoms with Crippen molar-refractivity contribution in [2.75, 3.05) is 0 Å². The summed E-state index contributed by atoms with van der Waals surface area (Å²) in [6.45, 7) is 0. The molecule has 4 heteroatoms. The molecule has 0 atom stereocenters. The van der Waals surface area contributed by atoms with E-state index in [1.165, 1.54) is 10.8 Å². The summed E-state index contributed by atoms with van der Waals surface area (Å²) in [4.78, 5) is 0. The highest BCUT2D eigenvalue weighted by molar-refractivity contribution is 8.29. The van der Waals surface area contributed by atoms with E-state index >= 15 is 0 Å². The van der Waals surface area contributed by atoms with Gasteiger partial charge in [-0.25, -0.2) is 0 Å². The molecule has 1 heterocycles. The van der Waals surface area contributed by atoms with E-state index in [1.807, 2.05) is 0 Å². The van der Waals surface area contributed by atoms with Crippen LogP contribution >= 0.6 is 10.6 Å². The third-order valence-electron chi connectivity index (χ3n) is 0.975. The van der Waals surface area contributed by atoms with Crippen LogP contribution in [0.15, 0.2) is 22.6 Å². The molecule has 4 N–H and O–H groups in total.